The summed E-state index contributed by atoms with van der Waals surface area (Å²) in [6.07, 6.45) is 1.59. The lowest BCUT2D eigenvalue weighted by atomic mass is 10.2. The SMILES string of the molecule is Cc1ncnc2c1nc(-c1ccccc1)n2-c1ccccc1. The van der Waals surface area contributed by atoms with E-state index < -0.39 is 0 Å². The van der Waals surface area contributed by atoms with Crippen LogP contribution in [0.3, 0.4) is 0 Å². The van der Waals surface area contributed by atoms with Crippen molar-refractivity contribution in [3.8, 4) is 17.1 Å². The molecule has 4 aromatic rings. The third-order valence-corrected chi connectivity index (χ3v) is 3.67. The second-order valence-electron chi connectivity index (χ2n) is 5.10. The number of nitrogens with zero attached hydrogens (tertiary/aromatic N) is 4. The van der Waals surface area contributed by atoms with Crippen molar-refractivity contribution in [2.45, 2.75) is 6.92 Å². The van der Waals surface area contributed by atoms with Gasteiger partial charge in [0.15, 0.2) is 5.65 Å². The molecular formula is C18H14N4. The van der Waals surface area contributed by atoms with Gasteiger partial charge in [-0.25, -0.2) is 15.0 Å². The zero-order chi connectivity index (χ0) is 14.9. The second kappa shape index (κ2) is 5.07. The largest absolute Gasteiger partial charge is 0.277 e. The van der Waals surface area contributed by atoms with E-state index in [-0.39, 0.29) is 0 Å². The molecule has 4 nitrogen and oxygen atoms in total. The number of rotatable bonds is 2. The van der Waals surface area contributed by atoms with Crippen molar-refractivity contribution in [3.05, 3.63) is 72.7 Å². The molecule has 0 unspecified atom stereocenters. The van der Waals surface area contributed by atoms with E-state index in [0.29, 0.717) is 0 Å². The fraction of sp³-hybridized carbons (Fsp3) is 0.0556. The number of fused-ring (bicyclic) bond motifs is 1. The van der Waals surface area contributed by atoms with Crippen LogP contribution in [0.25, 0.3) is 28.2 Å². The Labute approximate surface area is 128 Å². The van der Waals surface area contributed by atoms with Gasteiger partial charge in [-0.05, 0) is 19.1 Å². The van der Waals surface area contributed by atoms with Crippen molar-refractivity contribution in [2.75, 3.05) is 0 Å². The first-order chi connectivity index (χ1) is 10.8. The maximum atomic E-state index is 4.80. The Morgan fingerprint density at radius 1 is 0.818 bits per heavy atom. The Morgan fingerprint density at radius 3 is 2.23 bits per heavy atom. The Balaban J connectivity index is 2.10. The Morgan fingerprint density at radius 2 is 1.50 bits per heavy atom. The maximum Gasteiger partial charge on any atom is 0.168 e. The van der Waals surface area contributed by atoms with Crippen LogP contribution >= 0.6 is 0 Å². The molecule has 2 aromatic heterocycles. The van der Waals surface area contributed by atoms with Crippen LogP contribution in [0, 0.1) is 6.92 Å². The lowest BCUT2D eigenvalue weighted by Gasteiger charge is -2.08. The van der Waals surface area contributed by atoms with Gasteiger partial charge in [-0.3, -0.25) is 4.57 Å². The molecule has 106 valence electrons. The molecule has 2 heterocycles. The van der Waals surface area contributed by atoms with Gasteiger partial charge in [-0.2, -0.15) is 0 Å². The first kappa shape index (κ1) is 12.7. The highest BCUT2D eigenvalue weighted by Crippen LogP contribution is 2.27. The van der Waals surface area contributed by atoms with Gasteiger partial charge >= 0.3 is 0 Å². The average molecular weight is 286 g/mol. The van der Waals surface area contributed by atoms with Crippen molar-refractivity contribution in [3.63, 3.8) is 0 Å². The molecule has 4 rings (SSSR count). The highest BCUT2D eigenvalue weighted by molar-refractivity contribution is 5.81. The van der Waals surface area contributed by atoms with Crippen LogP contribution in [0.2, 0.25) is 0 Å². The van der Waals surface area contributed by atoms with Crippen molar-refractivity contribution in [2.24, 2.45) is 0 Å². The van der Waals surface area contributed by atoms with Crippen molar-refractivity contribution in [1.82, 2.24) is 19.5 Å². The van der Waals surface area contributed by atoms with Gasteiger partial charge in [0.1, 0.15) is 17.7 Å². The monoisotopic (exact) mass is 286 g/mol. The predicted octanol–water partition coefficient (Wildman–Crippen LogP) is 3.79. The fourth-order valence-corrected chi connectivity index (χ4v) is 2.61. The fourth-order valence-electron chi connectivity index (χ4n) is 2.61. The summed E-state index contributed by atoms with van der Waals surface area (Å²) >= 11 is 0. The van der Waals surface area contributed by atoms with Gasteiger partial charge in [0.25, 0.3) is 0 Å². The lowest BCUT2D eigenvalue weighted by molar-refractivity contribution is 1.06. The molecule has 0 spiro atoms. The van der Waals surface area contributed by atoms with E-state index >= 15 is 0 Å². The van der Waals surface area contributed by atoms with Gasteiger partial charge in [0.2, 0.25) is 0 Å². The van der Waals surface area contributed by atoms with E-state index in [1.165, 1.54) is 0 Å². The Bertz CT molecular complexity index is 927. The molecule has 0 N–H and O–H groups in total. The highest BCUT2D eigenvalue weighted by atomic mass is 15.1. The molecule has 0 aliphatic carbocycles. The molecule has 0 radical (unpaired) electrons. The molecule has 0 saturated carbocycles. The highest BCUT2D eigenvalue weighted by Gasteiger charge is 2.16. The quantitative estimate of drug-likeness (QED) is 0.563. The Kier molecular flexibility index (Phi) is 2.93. The van der Waals surface area contributed by atoms with Gasteiger partial charge < -0.3 is 0 Å². The molecule has 0 saturated heterocycles. The van der Waals surface area contributed by atoms with E-state index in [9.17, 15) is 0 Å². The summed E-state index contributed by atoms with van der Waals surface area (Å²) in [7, 11) is 0. The topological polar surface area (TPSA) is 43.6 Å². The van der Waals surface area contributed by atoms with Crippen LogP contribution in [0.15, 0.2) is 67.0 Å². The van der Waals surface area contributed by atoms with E-state index in [2.05, 4.69) is 38.8 Å². The summed E-state index contributed by atoms with van der Waals surface area (Å²) in [4.78, 5) is 13.5. The summed E-state index contributed by atoms with van der Waals surface area (Å²) in [5.74, 6) is 0.880. The van der Waals surface area contributed by atoms with Gasteiger partial charge in [-0.15, -0.1) is 0 Å². The second-order valence-corrected chi connectivity index (χ2v) is 5.10. The van der Waals surface area contributed by atoms with Crippen LogP contribution in [0.5, 0.6) is 0 Å². The third-order valence-electron chi connectivity index (χ3n) is 3.67. The Hall–Kier alpha value is -3.01. The smallest absolute Gasteiger partial charge is 0.168 e. The molecule has 22 heavy (non-hydrogen) atoms. The molecule has 0 aliphatic heterocycles. The molecule has 2 aromatic carbocycles. The molecule has 0 amide bonds. The summed E-state index contributed by atoms with van der Waals surface area (Å²) in [5, 5.41) is 0. The first-order valence-electron chi connectivity index (χ1n) is 7.15. The van der Waals surface area contributed by atoms with Gasteiger partial charge in [0.05, 0.1) is 5.69 Å². The lowest BCUT2D eigenvalue weighted by Crippen LogP contribution is -1.98. The summed E-state index contributed by atoms with van der Waals surface area (Å²) in [6.45, 7) is 1.96. The van der Waals surface area contributed by atoms with Crippen LogP contribution < -0.4 is 0 Å². The minimum atomic E-state index is 0.831. The molecule has 0 aliphatic rings. The minimum absolute atomic E-state index is 0.831. The van der Waals surface area contributed by atoms with E-state index in [0.717, 1.165) is 33.9 Å². The van der Waals surface area contributed by atoms with Gasteiger partial charge in [0, 0.05) is 11.3 Å². The number of aryl methyl sites for hydroxylation is 1. The summed E-state index contributed by atoms with van der Waals surface area (Å²) < 4.78 is 2.08. The standard InChI is InChI=1S/C18H14N4/c1-13-16-18(20-12-19-13)22(15-10-6-3-7-11-15)17(21-16)14-8-4-2-5-9-14/h2-12H,1H3. The first-order valence-corrected chi connectivity index (χ1v) is 7.15. The number of hydrogen-bond donors (Lipinski definition) is 0. The third kappa shape index (κ3) is 1.97. The van der Waals surface area contributed by atoms with Crippen molar-refractivity contribution in [1.29, 1.82) is 0 Å². The average Bonchev–Trinajstić information content (AvgIpc) is 2.97. The molecular weight excluding hydrogens is 272 g/mol. The minimum Gasteiger partial charge on any atom is -0.277 e. The zero-order valence-electron chi connectivity index (χ0n) is 12.1. The number of aromatic nitrogens is 4. The number of imidazole rings is 1. The van der Waals surface area contributed by atoms with Crippen LogP contribution in [0.4, 0.5) is 0 Å². The number of hydrogen-bond acceptors (Lipinski definition) is 3. The summed E-state index contributed by atoms with van der Waals surface area (Å²) in [6, 6.07) is 20.3. The molecule has 0 atom stereocenters. The van der Waals surface area contributed by atoms with E-state index in [4.69, 9.17) is 4.98 Å². The number of para-hydroxylation sites is 1. The normalized spacial score (nSPS) is 11.0. The molecule has 0 fully saturated rings. The van der Waals surface area contributed by atoms with Crippen molar-refractivity contribution < 1.29 is 0 Å². The van der Waals surface area contributed by atoms with Crippen LogP contribution in [-0.2, 0) is 0 Å². The van der Waals surface area contributed by atoms with E-state index in [1.54, 1.807) is 6.33 Å². The van der Waals surface area contributed by atoms with Crippen LogP contribution in [0.1, 0.15) is 5.69 Å². The maximum absolute atomic E-state index is 4.80. The van der Waals surface area contributed by atoms with Gasteiger partial charge in [-0.1, -0.05) is 48.5 Å². The zero-order valence-corrected chi connectivity index (χ0v) is 12.1. The van der Waals surface area contributed by atoms with E-state index in [1.807, 2.05) is 43.3 Å². The molecule has 0 bridgehead atoms. The summed E-state index contributed by atoms with van der Waals surface area (Å²) in [5.41, 5.74) is 4.66. The van der Waals surface area contributed by atoms with Crippen LogP contribution in [-0.4, -0.2) is 19.5 Å². The number of benzene rings is 2. The predicted molar refractivity (Wildman–Crippen MR) is 86.8 cm³/mol. The van der Waals surface area contributed by atoms with Crippen molar-refractivity contribution >= 4 is 11.2 Å². The molecule has 4 heteroatoms.